The Morgan fingerprint density at radius 3 is 2.62 bits per heavy atom. The van der Waals surface area contributed by atoms with Gasteiger partial charge in [-0.3, -0.25) is 4.90 Å². The number of rotatable bonds is 9. The average molecular weight is 734 g/mol. The van der Waals surface area contributed by atoms with Crippen molar-refractivity contribution in [1.82, 2.24) is 19.9 Å². The SMILES string of the molecule is CCc1c(F)ccc2cc(O)cc(-c3nc(OC)c4c(N5CCOC[C@@](C)(O)C5)nc(OC[C@]56CCC[C@H]5N(C5CC(OC)C5)CCC6)nc4c3F)c12. The van der Waals surface area contributed by atoms with Crippen molar-refractivity contribution >= 4 is 27.5 Å². The molecule has 0 radical (unpaired) electrons. The van der Waals surface area contributed by atoms with E-state index >= 15 is 8.78 Å². The van der Waals surface area contributed by atoms with E-state index in [4.69, 9.17) is 28.9 Å². The molecule has 2 aromatic heterocycles. The van der Waals surface area contributed by atoms with E-state index in [1.165, 1.54) is 25.3 Å². The molecule has 11 nitrogen and oxygen atoms in total. The molecule has 0 unspecified atom stereocenters. The Labute approximate surface area is 308 Å². The van der Waals surface area contributed by atoms with Gasteiger partial charge in [-0.25, -0.2) is 13.8 Å². The molecule has 2 N–H and O–H groups in total. The number of aromatic hydroxyl groups is 1. The van der Waals surface area contributed by atoms with E-state index in [1.54, 1.807) is 20.1 Å². The zero-order valence-corrected chi connectivity index (χ0v) is 31.0. The summed E-state index contributed by atoms with van der Waals surface area (Å²) in [5.74, 6) is -0.994. The lowest BCUT2D eigenvalue weighted by Gasteiger charge is -2.53. The summed E-state index contributed by atoms with van der Waals surface area (Å²) >= 11 is 0. The Morgan fingerprint density at radius 2 is 1.85 bits per heavy atom. The number of piperidine rings is 1. The minimum Gasteiger partial charge on any atom is -0.508 e. The second kappa shape index (κ2) is 14.1. The lowest BCUT2D eigenvalue weighted by Crippen LogP contribution is -2.59. The first kappa shape index (κ1) is 36.1. The summed E-state index contributed by atoms with van der Waals surface area (Å²) in [5, 5.41) is 23.1. The van der Waals surface area contributed by atoms with Crippen molar-refractivity contribution in [2.45, 2.75) is 89.0 Å². The highest BCUT2D eigenvalue weighted by atomic mass is 19.1. The second-order valence-corrected chi connectivity index (χ2v) is 15.7. The number of hydrogen-bond donors (Lipinski definition) is 2. The van der Waals surface area contributed by atoms with Crippen LogP contribution in [0.4, 0.5) is 14.6 Å². The first-order chi connectivity index (χ1) is 25.5. The molecule has 0 spiro atoms. The van der Waals surface area contributed by atoms with Gasteiger partial charge in [-0.15, -0.1) is 0 Å². The van der Waals surface area contributed by atoms with Gasteiger partial charge in [0.15, 0.2) is 5.82 Å². The number of β-amino-alcohol motifs (C(OH)–C–C–N with tert-alkyl or cyclic N) is 1. The molecule has 3 atom stereocenters. The molecule has 2 aliphatic heterocycles. The number of aryl methyl sites for hydroxylation is 1. The number of phenolic OH excluding ortho intramolecular Hbond substituents is 1. The van der Waals surface area contributed by atoms with E-state index in [-0.39, 0.29) is 58.4 Å². The maximum atomic E-state index is 17.3. The van der Waals surface area contributed by atoms with Crippen molar-refractivity contribution in [3.8, 4) is 28.9 Å². The number of likely N-dealkylation sites (tertiary alicyclic amines) is 1. The van der Waals surface area contributed by atoms with Gasteiger partial charge in [-0.1, -0.05) is 19.4 Å². The first-order valence-electron chi connectivity index (χ1n) is 18.9. The fourth-order valence-corrected chi connectivity index (χ4v) is 9.52. The summed E-state index contributed by atoms with van der Waals surface area (Å²) in [7, 11) is 3.22. The number of anilines is 1. The number of fused-ring (bicyclic) bond motifs is 3. The van der Waals surface area contributed by atoms with Crippen LogP contribution in [-0.2, 0) is 15.9 Å². The highest BCUT2D eigenvalue weighted by Crippen LogP contribution is 2.50. The van der Waals surface area contributed by atoms with Gasteiger partial charge in [0.05, 0.1) is 39.6 Å². The number of ether oxygens (including phenoxy) is 4. The van der Waals surface area contributed by atoms with Crippen LogP contribution in [-0.4, -0.2) is 108 Å². The van der Waals surface area contributed by atoms with Crippen molar-refractivity contribution in [3.05, 3.63) is 41.5 Å². The molecule has 53 heavy (non-hydrogen) atoms. The summed E-state index contributed by atoms with van der Waals surface area (Å²) in [6, 6.07) is 6.72. The Kier molecular flexibility index (Phi) is 9.57. The third kappa shape index (κ3) is 6.43. The quantitative estimate of drug-likeness (QED) is 0.205. The van der Waals surface area contributed by atoms with E-state index in [1.807, 2.05) is 11.8 Å². The Bertz CT molecular complexity index is 2030. The van der Waals surface area contributed by atoms with Crippen LogP contribution in [0.3, 0.4) is 0 Å². The van der Waals surface area contributed by atoms with Crippen LogP contribution in [0.15, 0.2) is 24.3 Å². The van der Waals surface area contributed by atoms with Gasteiger partial charge in [0.25, 0.3) is 0 Å². The van der Waals surface area contributed by atoms with E-state index in [2.05, 4.69) is 9.88 Å². The van der Waals surface area contributed by atoms with Gasteiger partial charge in [-0.05, 0) is 92.9 Å². The smallest absolute Gasteiger partial charge is 0.319 e. The molecular formula is C40H49F2N5O6. The number of benzene rings is 2. The Morgan fingerprint density at radius 1 is 1.04 bits per heavy atom. The number of halogens is 2. The lowest BCUT2D eigenvalue weighted by atomic mass is 9.73. The summed E-state index contributed by atoms with van der Waals surface area (Å²) in [5.41, 5.74) is -0.957. The third-order valence-corrected chi connectivity index (χ3v) is 12.1. The van der Waals surface area contributed by atoms with Gasteiger partial charge in [0, 0.05) is 36.7 Å². The second-order valence-electron chi connectivity index (χ2n) is 15.7. The van der Waals surface area contributed by atoms with E-state index in [9.17, 15) is 10.2 Å². The van der Waals surface area contributed by atoms with Gasteiger partial charge >= 0.3 is 6.01 Å². The fourth-order valence-electron chi connectivity index (χ4n) is 9.52. The van der Waals surface area contributed by atoms with Crippen molar-refractivity contribution in [2.24, 2.45) is 5.41 Å². The summed E-state index contributed by atoms with van der Waals surface area (Å²) < 4.78 is 56.3. The molecule has 4 aromatic rings. The largest absolute Gasteiger partial charge is 0.508 e. The Balaban J connectivity index is 1.26. The molecule has 8 rings (SSSR count). The first-order valence-corrected chi connectivity index (χ1v) is 18.9. The maximum absolute atomic E-state index is 17.3. The molecule has 2 saturated carbocycles. The van der Waals surface area contributed by atoms with Gasteiger partial charge in [0.1, 0.15) is 39.6 Å². The van der Waals surface area contributed by atoms with Gasteiger partial charge < -0.3 is 34.1 Å². The molecule has 4 fully saturated rings. The zero-order valence-electron chi connectivity index (χ0n) is 31.0. The van der Waals surface area contributed by atoms with E-state index < -0.39 is 17.2 Å². The minimum absolute atomic E-state index is 0.0108. The molecule has 0 amide bonds. The van der Waals surface area contributed by atoms with E-state index in [0.717, 1.165) is 51.5 Å². The monoisotopic (exact) mass is 733 g/mol. The van der Waals surface area contributed by atoms with Crippen LogP contribution in [0.25, 0.3) is 32.9 Å². The maximum Gasteiger partial charge on any atom is 0.319 e. The van der Waals surface area contributed by atoms with Crippen LogP contribution < -0.4 is 14.4 Å². The number of methoxy groups -OCH3 is 2. The summed E-state index contributed by atoms with van der Waals surface area (Å²) in [6.07, 6.45) is 8.07. The van der Waals surface area contributed by atoms with Crippen LogP contribution in [0.5, 0.6) is 17.6 Å². The number of hydrogen-bond acceptors (Lipinski definition) is 11. The molecule has 0 bridgehead atoms. The highest BCUT2D eigenvalue weighted by Gasteiger charge is 2.52. The van der Waals surface area contributed by atoms with Crippen molar-refractivity contribution in [1.29, 1.82) is 0 Å². The minimum atomic E-state index is -1.22. The fraction of sp³-hybridized carbons (Fsp3) is 0.575. The summed E-state index contributed by atoms with van der Waals surface area (Å²) in [6.45, 7) is 5.88. The van der Waals surface area contributed by atoms with Gasteiger partial charge in [0.2, 0.25) is 5.88 Å². The number of aromatic nitrogens is 3. The van der Waals surface area contributed by atoms with Crippen LogP contribution >= 0.6 is 0 Å². The topological polar surface area (TPSA) is 123 Å². The van der Waals surface area contributed by atoms with E-state index in [0.29, 0.717) is 66.5 Å². The number of nitrogens with zero attached hydrogens (tertiary/aromatic N) is 5. The molecule has 4 aliphatic rings. The molecule has 284 valence electrons. The van der Waals surface area contributed by atoms with Crippen LogP contribution in [0.2, 0.25) is 0 Å². The average Bonchev–Trinajstić information content (AvgIpc) is 3.47. The third-order valence-electron chi connectivity index (χ3n) is 12.1. The van der Waals surface area contributed by atoms with Gasteiger partial charge in [-0.2, -0.15) is 9.97 Å². The summed E-state index contributed by atoms with van der Waals surface area (Å²) in [4.78, 5) is 18.8. The number of aliphatic hydroxyl groups is 1. The number of pyridine rings is 1. The van der Waals surface area contributed by atoms with Crippen LogP contribution in [0.1, 0.15) is 64.4 Å². The molecule has 2 saturated heterocycles. The Hall–Kier alpha value is -3.91. The molecule has 2 aromatic carbocycles. The predicted octanol–water partition coefficient (Wildman–Crippen LogP) is 6.18. The molecular weight excluding hydrogens is 684 g/mol. The highest BCUT2D eigenvalue weighted by molar-refractivity contribution is 6.03. The van der Waals surface area contributed by atoms with Crippen molar-refractivity contribution < 1.29 is 37.9 Å². The van der Waals surface area contributed by atoms with Crippen molar-refractivity contribution in [3.63, 3.8) is 0 Å². The van der Waals surface area contributed by atoms with Crippen molar-refractivity contribution in [2.75, 3.05) is 58.6 Å². The zero-order chi connectivity index (χ0) is 37.1. The standard InChI is InChI=1S/C40H49F2N5O6/c1-5-27-29(41)10-9-23-16-25(48)19-28(31(23)27)34-33(42)35-32(37(43-34)51-4)36(46-14-15-52-21-39(2,49)20-46)45-38(44-35)53-22-40-11-6-8-30(40)47(13-7-12-40)24-17-26(18-24)50-3/h9-10,16,19,24,26,30,48-49H,5-8,11-15,17-18,20-22H2,1-4H3/t24?,26?,30-,39+,40-/m1/s1. The van der Waals surface area contributed by atoms with Crippen LogP contribution in [0, 0.1) is 17.0 Å². The number of phenols is 1. The predicted molar refractivity (Wildman–Crippen MR) is 197 cm³/mol. The molecule has 13 heteroatoms. The normalized spacial score (nSPS) is 27.8. The lowest BCUT2D eigenvalue weighted by molar-refractivity contribution is -0.0845. The molecule has 4 heterocycles. The molecule has 2 aliphatic carbocycles.